The monoisotopic (exact) mass is 278 g/mol. The minimum absolute atomic E-state index is 0.0266. The summed E-state index contributed by atoms with van der Waals surface area (Å²) >= 11 is 0. The molecule has 1 heterocycles. The van der Waals surface area contributed by atoms with Gasteiger partial charge in [0.05, 0.1) is 13.2 Å². The van der Waals surface area contributed by atoms with Crippen LogP contribution in [0, 0.1) is 5.92 Å². The molecule has 2 N–H and O–H groups in total. The number of fused-ring (bicyclic) bond motifs is 1. The van der Waals surface area contributed by atoms with Crippen molar-refractivity contribution < 1.29 is 14.4 Å². The number of amides is 2. The van der Waals surface area contributed by atoms with E-state index in [0.717, 1.165) is 11.3 Å². The van der Waals surface area contributed by atoms with Gasteiger partial charge in [-0.2, -0.15) is 0 Å². The third kappa shape index (κ3) is 3.63. The molecule has 0 radical (unpaired) electrons. The van der Waals surface area contributed by atoms with Gasteiger partial charge in [0.15, 0.2) is 0 Å². The Morgan fingerprint density at radius 3 is 2.90 bits per heavy atom. The Kier molecular flexibility index (Phi) is 4.84. The first-order valence-corrected chi connectivity index (χ1v) is 6.98. The number of para-hydroxylation sites is 1. The van der Waals surface area contributed by atoms with Crippen LogP contribution >= 0.6 is 0 Å². The highest BCUT2D eigenvalue weighted by Crippen LogP contribution is 2.35. The van der Waals surface area contributed by atoms with Crippen molar-refractivity contribution in [3.05, 3.63) is 29.8 Å². The molecule has 0 bridgehead atoms. The summed E-state index contributed by atoms with van der Waals surface area (Å²) in [6, 6.07) is 7.58. The molecule has 0 aromatic heterocycles. The largest absolute Gasteiger partial charge is 0.493 e. The van der Waals surface area contributed by atoms with Crippen molar-refractivity contribution in [2.24, 2.45) is 5.92 Å². The van der Waals surface area contributed by atoms with Gasteiger partial charge in [0, 0.05) is 17.5 Å². The summed E-state index contributed by atoms with van der Waals surface area (Å²) in [6.07, 6.45) is 0. The van der Waals surface area contributed by atoms with Crippen LogP contribution in [0.3, 0.4) is 0 Å². The lowest BCUT2D eigenvalue weighted by Gasteiger charge is -2.20. The Balaban J connectivity index is 1.84. The predicted octanol–water partition coefficient (Wildman–Crippen LogP) is 2.44. The van der Waals surface area contributed by atoms with E-state index < -0.39 is 0 Å². The summed E-state index contributed by atoms with van der Waals surface area (Å²) < 4.78 is 5.62. The van der Waals surface area contributed by atoms with Crippen molar-refractivity contribution in [2.75, 3.05) is 13.2 Å². The third-order valence-electron chi connectivity index (χ3n) is 3.28. The number of ether oxygens (including phenoxy) is 1. The van der Waals surface area contributed by atoms with Gasteiger partial charge in [0.1, 0.15) is 5.75 Å². The molecule has 0 saturated heterocycles. The lowest BCUT2D eigenvalue weighted by Crippen LogP contribution is -2.44. The SMILES string of the molecule is CC(C)CONC(=O)N[C@H](C)[C@@H]1COc2ccccc21. The van der Waals surface area contributed by atoms with Crippen molar-refractivity contribution >= 4 is 6.03 Å². The van der Waals surface area contributed by atoms with E-state index in [2.05, 4.69) is 10.8 Å². The van der Waals surface area contributed by atoms with E-state index in [1.54, 1.807) is 0 Å². The number of hydroxylamine groups is 1. The first-order chi connectivity index (χ1) is 9.58. The van der Waals surface area contributed by atoms with Crippen LogP contribution in [0.5, 0.6) is 5.75 Å². The van der Waals surface area contributed by atoms with E-state index >= 15 is 0 Å². The number of nitrogens with one attached hydrogen (secondary N) is 2. The fourth-order valence-corrected chi connectivity index (χ4v) is 2.21. The van der Waals surface area contributed by atoms with Gasteiger partial charge in [0.25, 0.3) is 0 Å². The number of urea groups is 1. The number of hydrogen-bond acceptors (Lipinski definition) is 3. The maximum absolute atomic E-state index is 11.7. The second-order valence-corrected chi connectivity index (χ2v) is 5.52. The topological polar surface area (TPSA) is 59.6 Å². The molecule has 0 aliphatic carbocycles. The van der Waals surface area contributed by atoms with E-state index in [-0.39, 0.29) is 18.0 Å². The molecule has 2 amide bonds. The van der Waals surface area contributed by atoms with E-state index in [9.17, 15) is 4.79 Å². The van der Waals surface area contributed by atoms with Gasteiger partial charge in [-0.05, 0) is 18.9 Å². The molecule has 0 spiro atoms. The van der Waals surface area contributed by atoms with Crippen LogP contribution in [0.25, 0.3) is 0 Å². The minimum Gasteiger partial charge on any atom is -0.493 e. The van der Waals surface area contributed by atoms with Crippen LogP contribution in [0.1, 0.15) is 32.3 Å². The Morgan fingerprint density at radius 1 is 1.40 bits per heavy atom. The van der Waals surface area contributed by atoms with E-state index in [1.807, 2.05) is 45.0 Å². The van der Waals surface area contributed by atoms with Crippen molar-refractivity contribution in [1.82, 2.24) is 10.8 Å². The Labute approximate surface area is 119 Å². The highest BCUT2D eigenvalue weighted by Gasteiger charge is 2.29. The summed E-state index contributed by atoms with van der Waals surface area (Å²) in [5, 5.41) is 2.88. The van der Waals surface area contributed by atoms with Gasteiger partial charge in [-0.3, -0.25) is 4.84 Å². The number of benzene rings is 1. The lowest BCUT2D eigenvalue weighted by molar-refractivity contribution is 0.0430. The maximum Gasteiger partial charge on any atom is 0.338 e. The molecule has 1 aromatic carbocycles. The Hall–Kier alpha value is -1.75. The molecule has 0 unspecified atom stereocenters. The molecule has 1 aliphatic heterocycles. The van der Waals surface area contributed by atoms with Gasteiger partial charge in [-0.1, -0.05) is 32.0 Å². The summed E-state index contributed by atoms with van der Waals surface area (Å²) in [5.41, 5.74) is 3.54. The zero-order valence-corrected chi connectivity index (χ0v) is 12.2. The van der Waals surface area contributed by atoms with Crippen molar-refractivity contribution in [3.63, 3.8) is 0 Å². The van der Waals surface area contributed by atoms with Crippen LogP contribution in [-0.4, -0.2) is 25.3 Å². The summed E-state index contributed by atoms with van der Waals surface area (Å²) in [4.78, 5) is 16.8. The fourth-order valence-electron chi connectivity index (χ4n) is 2.21. The highest BCUT2D eigenvalue weighted by atomic mass is 16.7. The standard InChI is InChI=1S/C15H22N2O3/c1-10(2)8-20-17-15(18)16-11(3)13-9-19-14-7-5-4-6-12(13)14/h4-7,10-11,13H,8-9H2,1-3H3,(H2,16,17,18)/t11-,13+/m1/s1. The molecule has 20 heavy (non-hydrogen) atoms. The fraction of sp³-hybridized carbons (Fsp3) is 0.533. The molecular formula is C15H22N2O3. The van der Waals surface area contributed by atoms with Crippen LogP contribution in [0.4, 0.5) is 4.79 Å². The molecule has 5 nitrogen and oxygen atoms in total. The average molecular weight is 278 g/mol. The molecule has 1 aromatic rings. The van der Waals surface area contributed by atoms with Gasteiger partial charge in [-0.25, -0.2) is 10.3 Å². The zero-order chi connectivity index (χ0) is 14.5. The van der Waals surface area contributed by atoms with Gasteiger partial charge < -0.3 is 10.1 Å². The average Bonchev–Trinajstić information content (AvgIpc) is 2.82. The summed E-state index contributed by atoms with van der Waals surface area (Å²) in [5.74, 6) is 1.45. The van der Waals surface area contributed by atoms with Crippen molar-refractivity contribution in [1.29, 1.82) is 0 Å². The normalized spacial score (nSPS) is 18.3. The van der Waals surface area contributed by atoms with Crippen LogP contribution in [0.2, 0.25) is 0 Å². The molecule has 2 rings (SSSR count). The smallest absolute Gasteiger partial charge is 0.338 e. The van der Waals surface area contributed by atoms with E-state index in [0.29, 0.717) is 19.1 Å². The van der Waals surface area contributed by atoms with Crippen LogP contribution in [0.15, 0.2) is 24.3 Å². The van der Waals surface area contributed by atoms with Crippen LogP contribution in [-0.2, 0) is 4.84 Å². The Bertz CT molecular complexity index is 462. The lowest BCUT2D eigenvalue weighted by atomic mass is 9.95. The van der Waals surface area contributed by atoms with Crippen LogP contribution < -0.4 is 15.5 Å². The van der Waals surface area contributed by atoms with E-state index in [1.165, 1.54) is 0 Å². The predicted molar refractivity (Wildman–Crippen MR) is 76.6 cm³/mol. The van der Waals surface area contributed by atoms with E-state index in [4.69, 9.17) is 9.57 Å². The minimum atomic E-state index is -0.317. The molecule has 110 valence electrons. The summed E-state index contributed by atoms with van der Waals surface area (Å²) in [6.45, 7) is 7.10. The first kappa shape index (κ1) is 14.7. The second kappa shape index (κ2) is 6.61. The molecule has 5 heteroatoms. The number of hydrogen-bond donors (Lipinski definition) is 2. The Morgan fingerprint density at radius 2 is 2.15 bits per heavy atom. The molecule has 1 aliphatic rings. The van der Waals surface area contributed by atoms with Crippen molar-refractivity contribution in [3.8, 4) is 5.75 Å². The molecule has 2 atom stereocenters. The summed E-state index contributed by atoms with van der Waals surface area (Å²) in [7, 11) is 0. The number of carbonyl (C=O) groups is 1. The van der Waals surface area contributed by atoms with Gasteiger partial charge in [-0.15, -0.1) is 0 Å². The second-order valence-electron chi connectivity index (χ2n) is 5.52. The number of carbonyl (C=O) groups excluding carboxylic acids is 1. The molecule has 0 saturated carbocycles. The maximum atomic E-state index is 11.7. The van der Waals surface area contributed by atoms with Gasteiger partial charge >= 0.3 is 6.03 Å². The quantitative estimate of drug-likeness (QED) is 0.813. The highest BCUT2D eigenvalue weighted by molar-refractivity contribution is 5.73. The zero-order valence-electron chi connectivity index (χ0n) is 12.2. The molecular weight excluding hydrogens is 256 g/mol. The number of rotatable bonds is 5. The third-order valence-corrected chi connectivity index (χ3v) is 3.28. The first-order valence-electron chi connectivity index (χ1n) is 6.98. The van der Waals surface area contributed by atoms with Crippen molar-refractivity contribution in [2.45, 2.75) is 32.7 Å². The molecule has 0 fully saturated rings. The van der Waals surface area contributed by atoms with Gasteiger partial charge in [0.2, 0.25) is 0 Å².